The zero-order valence-corrected chi connectivity index (χ0v) is 17.3. The van der Waals surface area contributed by atoms with Crippen LogP contribution in [0.5, 0.6) is 28.7 Å². The Balaban J connectivity index is 1.93. The van der Waals surface area contributed by atoms with Crippen LogP contribution >= 0.6 is 23.0 Å². The van der Waals surface area contributed by atoms with Gasteiger partial charge in [0.2, 0.25) is 0 Å². The Morgan fingerprint density at radius 2 is 1.13 bits per heavy atom. The lowest BCUT2D eigenvalue weighted by Gasteiger charge is -2.11. The van der Waals surface area contributed by atoms with E-state index in [1.54, 1.807) is 47.3 Å². The zero-order chi connectivity index (χ0) is 21.3. The molecule has 0 spiro atoms. The highest BCUT2D eigenvalue weighted by Crippen LogP contribution is 2.35. The molecule has 0 aliphatic rings. The number of hydrogen-bond donors (Lipinski definition) is 4. The third-order valence-electron chi connectivity index (χ3n) is 4.28. The third-order valence-corrected chi connectivity index (χ3v) is 4.79. The first kappa shape index (κ1) is 19.7. The fourth-order valence-electron chi connectivity index (χ4n) is 2.81. The van der Waals surface area contributed by atoms with Gasteiger partial charge < -0.3 is 23.5 Å². The Morgan fingerprint density at radius 3 is 1.70 bits per heavy atom. The summed E-state index contributed by atoms with van der Waals surface area (Å²) in [4.78, 5) is 13.3. The van der Waals surface area contributed by atoms with Gasteiger partial charge >= 0.3 is 0 Å². The smallest absolute Gasteiger partial charge is 0.192 e. The summed E-state index contributed by atoms with van der Waals surface area (Å²) < 4.78 is 5.09. The minimum Gasteiger partial charge on any atom is -0.508 e. The number of aromatic hydroxyl groups is 4. The Morgan fingerprint density at radius 1 is 0.600 bits per heavy atom. The van der Waals surface area contributed by atoms with E-state index in [4.69, 9.17) is 3.07 Å². The van der Waals surface area contributed by atoms with Crippen molar-refractivity contribution in [2.75, 3.05) is 0 Å². The quantitative estimate of drug-likeness (QED) is 0.294. The molecule has 9 heteroatoms. The standard InChI is InChI=1S/C21H14IN3O5/c22-30-14-6-8-16(18(29)10-14)21-24-19(11-1-3-12(26)4-2-11)23-20(25-21)15-7-5-13(27)9-17(15)28/h1-10,26-29H. The molecule has 0 fully saturated rings. The van der Waals surface area contributed by atoms with Gasteiger partial charge in [-0.1, -0.05) is 0 Å². The van der Waals surface area contributed by atoms with Gasteiger partial charge in [0.25, 0.3) is 0 Å². The van der Waals surface area contributed by atoms with Crippen LogP contribution in [0.2, 0.25) is 0 Å². The summed E-state index contributed by atoms with van der Waals surface area (Å²) in [5, 5.41) is 39.8. The average Bonchev–Trinajstić information content (AvgIpc) is 2.73. The van der Waals surface area contributed by atoms with Gasteiger partial charge in [-0.15, -0.1) is 0 Å². The van der Waals surface area contributed by atoms with Gasteiger partial charge in [-0.25, -0.2) is 15.0 Å². The van der Waals surface area contributed by atoms with Crippen molar-refractivity contribution < 1.29 is 23.5 Å². The van der Waals surface area contributed by atoms with Gasteiger partial charge in [0, 0.05) is 17.7 Å². The van der Waals surface area contributed by atoms with Crippen molar-refractivity contribution in [3.8, 4) is 62.9 Å². The Kier molecular flexibility index (Phi) is 5.27. The van der Waals surface area contributed by atoms with E-state index in [0.29, 0.717) is 16.9 Å². The van der Waals surface area contributed by atoms with Crippen molar-refractivity contribution in [2.24, 2.45) is 0 Å². The van der Waals surface area contributed by atoms with Gasteiger partial charge in [-0.05, 0) is 48.5 Å². The monoisotopic (exact) mass is 515 g/mol. The highest BCUT2D eigenvalue weighted by atomic mass is 127. The van der Waals surface area contributed by atoms with Gasteiger partial charge in [-0.2, -0.15) is 0 Å². The molecule has 0 saturated heterocycles. The van der Waals surface area contributed by atoms with E-state index in [2.05, 4.69) is 15.0 Å². The van der Waals surface area contributed by atoms with Crippen LogP contribution in [0.25, 0.3) is 34.2 Å². The van der Waals surface area contributed by atoms with E-state index >= 15 is 0 Å². The summed E-state index contributed by atoms with van der Waals surface area (Å²) in [5.41, 5.74) is 1.22. The summed E-state index contributed by atoms with van der Waals surface area (Å²) >= 11 is 1.71. The highest BCUT2D eigenvalue weighted by molar-refractivity contribution is 14.1. The van der Waals surface area contributed by atoms with Crippen LogP contribution in [0.4, 0.5) is 0 Å². The lowest BCUT2D eigenvalue weighted by atomic mass is 10.1. The number of rotatable bonds is 4. The lowest BCUT2D eigenvalue weighted by Crippen LogP contribution is -2.00. The van der Waals surface area contributed by atoms with E-state index in [1.165, 1.54) is 36.4 Å². The summed E-state index contributed by atoms with van der Waals surface area (Å²) in [7, 11) is 0. The third kappa shape index (κ3) is 3.92. The lowest BCUT2D eigenvalue weighted by molar-refractivity contribution is 0.451. The summed E-state index contributed by atoms with van der Waals surface area (Å²) in [6.07, 6.45) is 0. The number of phenols is 4. The Bertz CT molecular complexity index is 1230. The molecule has 150 valence electrons. The van der Waals surface area contributed by atoms with E-state index in [0.717, 1.165) is 0 Å². The fraction of sp³-hybridized carbons (Fsp3) is 0. The topological polar surface area (TPSA) is 129 Å². The molecule has 3 aromatic carbocycles. The molecule has 4 rings (SSSR count). The normalized spacial score (nSPS) is 10.7. The van der Waals surface area contributed by atoms with Crippen molar-refractivity contribution in [3.05, 3.63) is 60.7 Å². The van der Waals surface area contributed by atoms with Crippen molar-refractivity contribution in [2.45, 2.75) is 0 Å². The second-order valence-electron chi connectivity index (χ2n) is 6.31. The molecular weight excluding hydrogens is 501 g/mol. The molecule has 1 aromatic heterocycles. The first-order valence-electron chi connectivity index (χ1n) is 8.64. The van der Waals surface area contributed by atoms with Crippen molar-refractivity contribution in [1.82, 2.24) is 15.0 Å². The largest absolute Gasteiger partial charge is 0.508 e. The van der Waals surface area contributed by atoms with Gasteiger partial charge in [-0.3, -0.25) is 0 Å². The minimum atomic E-state index is -0.207. The van der Waals surface area contributed by atoms with Crippen molar-refractivity contribution in [3.63, 3.8) is 0 Å². The summed E-state index contributed by atoms with van der Waals surface area (Å²) in [6.45, 7) is 0. The minimum absolute atomic E-state index is 0.0899. The zero-order valence-electron chi connectivity index (χ0n) is 15.2. The molecule has 0 atom stereocenters. The predicted molar refractivity (Wildman–Crippen MR) is 117 cm³/mol. The van der Waals surface area contributed by atoms with Gasteiger partial charge in [0.05, 0.1) is 11.1 Å². The Labute approximate surface area is 184 Å². The highest BCUT2D eigenvalue weighted by Gasteiger charge is 2.17. The molecule has 4 aromatic rings. The number of nitrogens with zero attached hydrogens (tertiary/aromatic N) is 3. The number of halogens is 1. The first-order valence-corrected chi connectivity index (χ1v) is 9.52. The van der Waals surface area contributed by atoms with Gasteiger partial charge in [0.15, 0.2) is 40.5 Å². The maximum absolute atomic E-state index is 10.4. The number of phenolic OH excluding ortho intramolecular Hbond substituents is 4. The predicted octanol–water partition coefficient (Wildman–Crippen LogP) is 4.42. The number of hydrogen-bond acceptors (Lipinski definition) is 8. The number of benzene rings is 3. The number of aromatic nitrogens is 3. The van der Waals surface area contributed by atoms with Crippen LogP contribution in [0.1, 0.15) is 0 Å². The molecule has 0 saturated carbocycles. The van der Waals surface area contributed by atoms with Gasteiger partial charge in [0.1, 0.15) is 28.7 Å². The van der Waals surface area contributed by atoms with Crippen LogP contribution in [0.15, 0.2) is 60.7 Å². The molecular formula is C21H14IN3O5. The molecule has 4 N–H and O–H groups in total. The maximum Gasteiger partial charge on any atom is 0.192 e. The maximum atomic E-state index is 10.4. The summed E-state index contributed by atoms with van der Waals surface area (Å²) in [5.74, 6) is 0.752. The van der Waals surface area contributed by atoms with Crippen molar-refractivity contribution >= 4 is 23.0 Å². The van der Waals surface area contributed by atoms with Crippen LogP contribution in [0, 0.1) is 0 Å². The molecule has 30 heavy (non-hydrogen) atoms. The second-order valence-corrected chi connectivity index (χ2v) is 6.75. The average molecular weight is 515 g/mol. The second kappa shape index (κ2) is 8.03. The van der Waals surface area contributed by atoms with Crippen LogP contribution < -0.4 is 3.07 Å². The van der Waals surface area contributed by atoms with Crippen molar-refractivity contribution in [1.29, 1.82) is 0 Å². The van der Waals surface area contributed by atoms with Crippen LogP contribution in [-0.4, -0.2) is 35.4 Å². The fourth-order valence-corrected chi connectivity index (χ4v) is 3.09. The first-order chi connectivity index (χ1) is 14.4. The van der Waals surface area contributed by atoms with E-state index in [-0.39, 0.29) is 46.0 Å². The Hall–Kier alpha value is -3.60. The van der Waals surface area contributed by atoms with E-state index < -0.39 is 0 Å². The molecule has 0 aliphatic carbocycles. The molecule has 0 radical (unpaired) electrons. The molecule has 1 heterocycles. The van der Waals surface area contributed by atoms with Crippen LogP contribution in [-0.2, 0) is 0 Å². The van der Waals surface area contributed by atoms with E-state index in [1.807, 2.05) is 0 Å². The molecule has 0 bridgehead atoms. The molecule has 0 unspecified atom stereocenters. The summed E-state index contributed by atoms with van der Waals surface area (Å²) in [6, 6.07) is 15.1. The molecule has 0 aliphatic heterocycles. The van der Waals surface area contributed by atoms with Crippen LogP contribution in [0.3, 0.4) is 0 Å². The molecule has 8 nitrogen and oxygen atoms in total. The molecule has 0 amide bonds. The SMILES string of the molecule is Oc1ccc(-c2nc(-c3ccc(O)cc3O)nc(-c3ccc(OI)cc3O)n2)cc1. The van der Waals surface area contributed by atoms with E-state index in [9.17, 15) is 20.4 Å².